The molecule has 0 N–H and O–H groups in total. The molecule has 0 aromatic carbocycles. The molecule has 6 heteroatoms. The number of fused-ring (bicyclic) bond motifs is 1. The van der Waals surface area contributed by atoms with E-state index < -0.39 is 5.41 Å². The quantitative estimate of drug-likeness (QED) is 0.818. The molecule has 0 spiro atoms. The van der Waals surface area contributed by atoms with Crippen LogP contribution in [0.2, 0.25) is 0 Å². The summed E-state index contributed by atoms with van der Waals surface area (Å²) in [6.45, 7) is 5.93. The van der Waals surface area contributed by atoms with Crippen LogP contribution in [0, 0.1) is 18.3 Å². The summed E-state index contributed by atoms with van der Waals surface area (Å²) in [5.41, 5.74) is 3.71. The average Bonchev–Trinajstić information content (AvgIpc) is 3.51. The molecule has 1 unspecified atom stereocenters. The van der Waals surface area contributed by atoms with Crippen LogP contribution >= 0.6 is 0 Å². The van der Waals surface area contributed by atoms with Crippen molar-refractivity contribution >= 4 is 17.3 Å². The molecule has 142 valence electrons. The minimum Gasteiger partial charge on any atom is -0.273 e. The van der Waals surface area contributed by atoms with Gasteiger partial charge in [-0.25, -0.2) is 9.97 Å². The van der Waals surface area contributed by atoms with E-state index in [1.807, 2.05) is 45.4 Å². The van der Waals surface area contributed by atoms with Gasteiger partial charge in [-0.2, -0.15) is 5.10 Å². The van der Waals surface area contributed by atoms with Crippen molar-refractivity contribution in [1.82, 2.24) is 20.2 Å². The summed E-state index contributed by atoms with van der Waals surface area (Å²) in [7, 11) is 0. The van der Waals surface area contributed by atoms with E-state index in [-0.39, 0.29) is 11.8 Å². The van der Waals surface area contributed by atoms with Crippen molar-refractivity contribution in [3.8, 4) is 0 Å². The minimum absolute atomic E-state index is 0.0841. The molecule has 1 saturated carbocycles. The number of amides is 1. The van der Waals surface area contributed by atoms with Gasteiger partial charge in [-0.3, -0.25) is 9.69 Å². The standard InChI is InChI=1S/C22H23N5O/c1-13-23-10-17(11-24-13)15-6-7-18-19(8-15)27(21(28)22(18,2)3)20-9-16(12-25-26-20)14-4-5-14/h6,8-12,14,18H,4-5,7H2,1-3H3. The number of rotatable bonds is 3. The van der Waals surface area contributed by atoms with Gasteiger partial charge in [0.05, 0.1) is 11.6 Å². The Labute approximate surface area is 164 Å². The highest BCUT2D eigenvalue weighted by molar-refractivity contribution is 6.04. The predicted molar refractivity (Wildman–Crippen MR) is 106 cm³/mol. The predicted octanol–water partition coefficient (Wildman–Crippen LogP) is 3.81. The van der Waals surface area contributed by atoms with Gasteiger partial charge in [-0.1, -0.05) is 19.9 Å². The van der Waals surface area contributed by atoms with Crippen LogP contribution in [0.3, 0.4) is 0 Å². The number of carbonyl (C=O) groups excluding carboxylic acids is 1. The van der Waals surface area contributed by atoms with Gasteiger partial charge in [0.2, 0.25) is 5.91 Å². The largest absolute Gasteiger partial charge is 0.273 e. The number of aromatic nitrogens is 4. The zero-order valence-corrected chi connectivity index (χ0v) is 16.4. The lowest BCUT2D eigenvalue weighted by Gasteiger charge is -2.25. The first-order valence-electron chi connectivity index (χ1n) is 9.83. The zero-order valence-electron chi connectivity index (χ0n) is 16.4. The molecule has 1 aliphatic heterocycles. The summed E-state index contributed by atoms with van der Waals surface area (Å²) in [5.74, 6) is 2.16. The Kier molecular flexibility index (Phi) is 3.73. The van der Waals surface area contributed by atoms with Gasteiger partial charge in [0.15, 0.2) is 5.82 Å². The monoisotopic (exact) mass is 373 g/mol. The normalized spacial score (nSPS) is 23.3. The molecule has 1 atom stereocenters. The summed E-state index contributed by atoms with van der Waals surface area (Å²) in [6, 6.07) is 2.04. The molecule has 3 aliphatic rings. The van der Waals surface area contributed by atoms with E-state index in [0.717, 1.165) is 29.1 Å². The summed E-state index contributed by atoms with van der Waals surface area (Å²) >= 11 is 0. The molecule has 2 aromatic rings. The van der Waals surface area contributed by atoms with Gasteiger partial charge in [-0.15, -0.1) is 5.10 Å². The van der Waals surface area contributed by atoms with E-state index in [0.29, 0.717) is 11.7 Å². The molecule has 3 heterocycles. The van der Waals surface area contributed by atoms with Gasteiger partial charge in [-0.05, 0) is 55.4 Å². The fourth-order valence-electron chi connectivity index (χ4n) is 4.22. The highest BCUT2D eigenvalue weighted by Crippen LogP contribution is 2.50. The van der Waals surface area contributed by atoms with E-state index in [1.54, 1.807) is 4.90 Å². The first kappa shape index (κ1) is 17.2. The summed E-state index contributed by atoms with van der Waals surface area (Å²) in [4.78, 5) is 23.8. The van der Waals surface area contributed by atoms with Crippen LogP contribution in [-0.2, 0) is 4.79 Å². The third kappa shape index (κ3) is 2.66. The molecule has 1 saturated heterocycles. The van der Waals surface area contributed by atoms with Crippen molar-refractivity contribution in [1.29, 1.82) is 0 Å². The van der Waals surface area contributed by atoms with Crippen LogP contribution in [0.4, 0.5) is 5.82 Å². The van der Waals surface area contributed by atoms with E-state index in [1.165, 1.54) is 18.4 Å². The molecule has 6 nitrogen and oxygen atoms in total. The van der Waals surface area contributed by atoms with Crippen molar-refractivity contribution < 1.29 is 4.79 Å². The van der Waals surface area contributed by atoms with Crippen molar-refractivity contribution in [2.45, 2.75) is 46.0 Å². The number of hydrogen-bond acceptors (Lipinski definition) is 5. The molecule has 0 radical (unpaired) electrons. The number of aryl methyl sites for hydroxylation is 1. The van der Waals surface area contributed by atoms with Gasteiger partial charge < -0.3 is 0 Å². The van der Waals surface area contributed by atoms with Crippen LogP contribution < -0.4 is 4.90 Å². The fourth-order valence-corrected chi connectivity index (χ4v) is 4.22. The molecule has 28 heavy (non-hydrogen) atoms. The van der Waals surface area contributed by atoms with Gasteiger partial charge in [0, 0.05) is 29.6 Å². The van der Waals surface area contributed by atoms with Crippen molar-refractivity contribution in [2.24, 2.45) is 11.3 Å². The van der Waals surface area contributed by atoms with Crippen LogP contribution in [0.1, 0.15) is 56.0 Å². The second kappa shape index (κ2) is 6.06. The Balaban J connectivity index is 1.58. The average molecular weight is 373 g/mol. The molecule has 2 fully saturated rings. The third-order valence-electron chi connectivity index (χ3n) is 6.17. The number of carbonyl (C=O) groups is 1. The first-order chi connectivity index (χ1) is 13.4. The summed E-state index contributed by atoms with van der Waals surface area (Å²) < 4.78 is 0. The van der Waals surface area contributed by atoms with E-state index in [4.69, 9.17) is 0 Å². The molecule has 5 rings (SSSR count). The lowest BCUT2D eigenvalue weighted by atomic mass is 9.75. The second-order valence-corrected chi connectivity index (χ2v) is 8.52. The Morgan fingerprint density at radius 2 is 1.89 bits per heavy atom. The maximum Gasteiger partial charge on any atom is 0.238 e. The van der Waals surface area contributed by atoms with Crippen LogP contribution in [0.15, 0.2) is 42.5 Å². The van der Waals surface area contributed by atoms with Crippen LogP contribution in [-0.4, -0.2) is 26.1 Å². The maximum absolute atomic E-state index is 13.3. The summed E-state index contributed by atoms with van der Waals surface area (Å²) in [5, 5.41) is 8.51. The van der Waals surface area contributed by atoms with Crippen molar-refractivity contribution in [3.63, 3.8) is 0 Å². The van der Waals surface area contributed by atoms with Crippen molar-refractivity contribution in [3.05, 3.63) is 59.5 Å². The lowest BCUT2D eigenvalue weighted by molar-refractivity contribution is -0.125. The second-order valence-electron chi connectivity index (χ2n) is 8.52. The first-order valence-corrected chi connectivity index (χ1v) is 9.83. The molecule has 0 bridgehead atoms. The number of allylic oxidation sites excluding steroid dienone is 4. The van der Waals surface area contributed by atoms with E-state index in [9.17, 15) is 4.79 Å². The molecular weight excluding hydrogens is 350 g/mol. The smallest absolute Gasteiger partial charge is 0.238 e. The van der Waals surface area contributed by atoms with Gasteiger partial charge >= 0.3 is 0 Å². The maximum atomic E-state index is 13.3. The molecular formula is C22H23N5O. The Bertz CT molecular complexity index is 1020. The number of hydrogen-bond donors (Lipinski definition) is 0. The topological polar surface area (TPSA) is 71.9 Å². The zero-order chi connectivity index (χ0) is 19.5. The Morgan fingerprint density at radius 3 is 2.61 bits per heavy atom. The lowest BCUT2D eigenvalue weighted by Crippen LogP contribution is -2.32. The highest BCUT2D eigenvalue weighted by Gasteiger charge is 2.52. The summed E-state index contributed by atoms with van der Waals surface area (Å²) in [6.07, 6.45) is 13.0. The molecule has 1 amide bonds. The van der Waals surface area contributed by atoms with Gasteiger partial charge in [0.1, 0.15) is 5.82 Å². The molecule has 2 aromatic heterocycles. The minimum atomic E-state index is -0.477. The third-order valence-corrected chi connectivity index (χ3v) is 6.17. The van der Waals surface area contributed by atoms with E-state index in [2.05, 4.69) is 32.3 Å². The fraction of sp³-hybridized carbons (Fsp3) is 0.409. The SMILES string of the molecule is Cc1ncc(C2=CCC3C(=C2)N(c2cc(C4CC4)cnn2)C(=O)C3(C)C)cn1. The number of nitrogens with zero attached hydrogens (tertiary/aromatic N) is 5. The highest BCUT2D eigenvalue weighted by atomic mass is 16.2. The van der Waals surface area contributed by atoms with Crippen molar-refractivity contribution in [2.75, 3.05) is 4.90 Å². The van der Waals surface area contributed by atoms with Crippen LogP contribution in [0.25, 0.3) is 5.57 Å². The van der Waals surface area contributed by atoms with Crippen LogP contribution in [0.5, 0.6) is 0 Å². The Hall–Kier alpha value is -2.89. The Morgan fingerprint density at radius 1 is 1.14 bits per heavy atom. The van der Waals surface area contributed by atoms with Gasteiger partial charge in [0.25, 0.3) is 0 Å². The van der Waals surface area contributed by atoms with E-state index >= 15 is 0 Å². The number of anilines is 1. The molecule has 2 aliphatic carbocycles.